The molecule has 1 aromatic rings. The second kappa shape index (κ2) is 1.81. The second-order valence-corrected chi connectivity index (χ2v) is 2.21. The Morgan fingerprint density at radius 2 is 2.20 bits per heavy atom. The predicted molar refractivity (Wildman–Crippen MR) is 38.6 cm³/mol. The molecule has 0 bridgehead atoms. The van der Waals surface area contributed by atoms with Crippen LogP contribution in [-0.2, 0) is 0 Å². The summed E-state index contributed by atoms with van der Waals surface area (Å²) in [4.78, 5) is 11.0. The summed E-state index contributed by atoms with van der Waals surface area (Å²) in [6.07, 6.45) is 3.41. The van der Waals surface area contributed by atoms with Gasteiger partial charge >= 0.3 is 0 Å². The lowest BCUT2D eigenvalue weighted by molar-refractivity contribution is 0.105. The van der Waals surface area contributed by atoms with E-state index < -0.39 is 0 Å². The Bertz CT molecular complexity index is 310. The molecule has 47 valence electrons. The van der Waals surface area contributed by atoms with Gasteiger partial charge in [0.15, 0.2) is 5.78 Å². The van der Waals surface area contributed by atoms with Crippen molar-refractivity contribution in [2.24, 2.45) is 0 Å². The third-order valence-electron chi connectivity index (χ3n) is 1.58. The van der Waals surface area contributed by atoms with E-state index in [0.29, 0.717) is 0 Å². The molecule has 0 fully saturated rings. The standard InChI is InChI=1S/C9H5O/c10-9-6-5-7-3-1-2-4-8(7)9/h1,3-6H. The Morgan fingerprint density at radius 1 is 1.30 bits per heavy atom. The maximum absolute atomic E-state index is 11.0. The van der Waals surface area contributed by atoms with E-state index in [1.807, 2.05) is 18.2 Å². The fourth-order valence-corrected chi connectivity index (χ4v) is 1.06. The Hall–Kier alpha value is -1.37. The third kappa shape index (κ3) is 0.605. The number of hydrogen-bond acceptors (Lipinski definition) is 1. The maximum atomic E-state index is 11.0. The van der Waals surface area contributed by atoms with Crippen molar-refractivity contribution >= 4 is 11.9 Å². The molecule has 1 aliphatic rings. The molecule has 2 rings (SSSR count). The molecule has 0 heterocycles. The number of hydrogen-bond donors (Lipinski definition) is 0. The van der Waals surface area contributed by atoms with Gasteiger partial charge in [-0.3, -0.25) is 4.79 Å². The molecule has 1 aromatic carbocycles. The Kier molecular flexibility index (Phi) is 0.978. The van der Waals surface area contributed by atoms with E-state index in [0.717, 1.165) is 11.1 Å². The van der Waals surface area contributed by atoms with Crippen LogP contribution in [0, 0.1) is 6.07 Å². The zero-order valence-corrected chi connectivity index (χ0v) is 5.29. The van der Waals surface area contributed by atoms with Crippen molar-refractivity contribution in [1.82, 2.24) is 0 Å². The van der Waals surface area contributed by atoms with Crippen molar-refractivity contribution in [2.45, 2.75) is 0 Å². The number of carbonyl (C=O) groups is 1. The largest absolute Gasteiger partial charge is 0.289 e. The first kappa shape index (κ1) is 5.42. The van der Waals surface area contributed by atoms with Crippen LogP contribution >= 0.6 is 0 Å². The number of allylic oxidation sites excluding steroid dienone is 1. The average Bonchev–Trinajstić information content (AvgIpc) is 2.34. The average molecular weight is 129 g/mol. The second-order valence-electron chi connectivity index (χ2n) is 2.21. The SMILES string of the molecule is O=C1C=Cc2cc[c]cc21. The first-order valence-corrected chi connectivity index (χ1v) is 3.10. The molecule has 0 aromatic heterocycles. The highest BCUT2D eigenvalue weighted by molar-refractivity contribution is 6.13. The molecular formula is C9H5O. The molecule has 1 heteroatoms. The zero-order chi connectivity index (χ0) is 6.97. The van der Waals surface area contributed by atoms with Gasteiger partial charge in [0.1, 0.15) is 0 Å². The Labute approximate surface area is 59.0 Å². The van der Waals surface area contributed by atoms with E-state index in [1.54, 1.807) is 12.1 Å². The third-order valence-corrected chi connectivity index (χ3v) is 1.58. The van der Waals surface area contributed by atoms with E-state index in [4.69, 9.17) is 0 Å². The molecule has 0 atom stereocenters. The van der Waals surface area contributed by atoms with Gasteiger partial charge in [-0.15, -0.1) is 0 Å². The van der Waals surface area contributed by atoms with Crippen LogP contribution in [0.25, 0.3) is 6.08 Å². The van der Waals surface area contributed by atoms with Crippen LogP contribution in [0.2, 0.25) is 0 Å². The van der Waals surface area contributed by atoms with E-state index in [1.165, 1.54) is 0 Å². The van der Waals surface area contributed by atoms with Crippen LogP contribution in [0.4, 0.5) is 0 Å². The van der Waals surface area contributed by atoms with E-state index >= 15 is 0 Å². The lowest BCUT2D eigenvalue weighted by Crippen LogP contribution is -1.89. The van der Waals surface area contributed by atoms with Crippen LogP contribution in [0.1, 0.15) is 15.9 Å². The van der Waals surface area contributed by atoms with Crippen LogP contribution < -0.4 is 0 Å². The molecule has 0 amide bonds. The molecule has 10 heavy (non-hydrogen) atoms. The molecule has 0 unspecified atom stereocenters. The number of carbonyl (C=O) groups excluding carboxylic acids is 1. The van der Waals surface area contributed by atoms with Crippen molar-refractivity contribution in [3.05, 3.63) is 41.5 Å². The molecule has 1 aliphatic carbocycles. The lowest BCUT2D eigenvalue weighted by Gasteiger charge is -1.91. The molecule has 1 nitrogen and oxygen atoms in total. The summed E-state index contributed by atoms with van der Waals surface area (Å²) < 4.78 is 0. The van der Waals surface area contributed by atoms with Crippen molar-refractivity contribution in [3.63, 3.8) is 0 Å². The van der Waals surface area contributed by atoms with Crippen molar-refractivity contribution in [1.29, 1.82) is 0 Å². The first-order chi connectivity index (χ1) is 4.88. The molecule has 0 aliphatic heterocycles. The van der Waals surface area contributed by atoms with E-state index in [2.05, 4.69) is 6.07 Å². The molecule has 0 spiro atoms. The summed E-state index contributed by atoms with van der Waals surface area (Å²) in [5, 5.41) is 0. The van der Waals surface area contributed by atoms with Gasteiger partial charge < -0.3 is 0 Å². The van der Waals surface area contributed by atoms with E-state index in [9.17, 15) is 4.79 Å². The summed E-state index contributed by atoms with van der Waals surface area (Å²) in [5.74, 6) is 0.0897. The molecular weight excluding hydrogens is 124 g/mol. The highest BCUT2D eigenvalue weighted by Crippen LogP contribution is 2.17. The first-order valence-electron chi connectivity index (χ1n) is 3.10. The summed E-state index contributed by atoms with van der Waals surface area (Å²) in [6, 6.07) is 8.28. The normalized spacial score (nSPS) is 13.8. The molecule has 1 radical (unpaired) electrons. The fourth-order valence-electron chi connectivity index (χ4n) is 1.06. The highest BCUT2D eigenvalue weighted by atomic mass is 16.1. The molecule has 0 saturated carbocycles. The predicted octanol–water partition coefficient (Wildman–Crippen LogP) is 1.70. The van der Waals surface area contributed by atoms with Crippen LogP contribution in [0.5, 0.6) is 0 Å². The summed E-state index contributed by atoms with van der Waals surface area (Å²) in [5.41, 5.74) is 1.77. The van der Waals surface area contributed by atoms with Gasteiger partial charge in [0.05, 0.1) is 0 Å². The Balaban J connectivity index is 2.70. The van der Waals surface area contributed by atoms with Gasteiger partial charge in [-0.2, -0.15) is 0 Å². The number of ketones is 1. The highest BCUT2D eigenvalue weighted by Gasteiger charge is 2.10. The molecule has 0 saturated heterocycles. The summed E-state index contributed by atoms with van der Waals surface area (Å²) in [6.45, 7) is 0. The van der Waals surface area contributed by atoms with E-state index in [-0.39, 0.29) is 5.78 Å². The number of rotatable bonds is 0. The zero-order valence-electron chi connectivity index (χ0n) is 5.29. The summed E-state index contributed by atoms with van der Waals surface area (Å²) >= 11 is 0. The van der Waals surface area contributed by atoms with Crippen LogP contribution in [0.15, 0.2) is 24.3 Å². The smallest absolute Gasteiger partial charge is 0.186 e. The minimum absolute atomic E-state index is 0.0897. The van der Waals surface area contributed by atoms with Gasteiger partial charge in [-0.05, 0) is 23.8 Å². The maximum Gasteiger partial charge on any atom is 0.186 e. The van der Waals surface area contributed by atoms with Crippen LogP contribution in [0.3, 0.4) is 0 Å². The monoisotopic (exact) mass is 129 g/mol. The molecule has 0 N–H and O–H groups in total. The van der Waals surface area contributed by atoms with Gasteiger partial charge in [0, 0.05) is 5.56 Å². The lowest BCUT2D eigenvalue weighted by atomic mass is 10.1. The van der Waals surface area contributed by atoms with Crippen LogP contribution in [-0.4, -0.2) is 5.78 Å². The Morgan fingerprint density at radius 3 is 3.00 bits per heavy atom. The summed E-state index contributed by atoms with van der Waals surface area (Å²) in [7, 11) is 0. The van der Waals surface area contributed by atoms with Gasteiger partial charge in [-0.25, -0.2) is 0 Å². The minimum Gasteiger partial charge on any atom is -0.289 e. The minimum atomic E-state index is 0.0897. The van der Waals surface area contributed by atoms with Crippen molar-refractivity contribution < 1.29 is 4.79 Å². The van der Waals surface area contributed by atoms with Crippen molar-refractivity contribution in [3.8, 4) is 0 Å². The quantitative estimate of drug-likeness (QED) is 0.521. The van der Waals surface area contributed by atoms with Gasteiger partial charge in [0.25, 0.3) is 0 Å². The number of benzene rings is 1. The van der Waals surface area contributed by atoms with Crippen molar-refractivity contribution in [2.75, 3.05) is 0 Å². The van der Waals surface area contributed by atoms with Gasteiger partial charge in [0.2, 0.25) is 0 Å². The topological polar surface area (TPSA) is 17.1 Å². The number of fused-ring (bicyclic) bond motifs is 1. The van der Waals surface area contributed by atoms with Gasteiger partial charge in [-0.1, -0.05) is 18.2 Å². The fraction of sp³-hybridized carbons (Fsp3) is 0.